The van der Waals surface area contributed by atoms with Gasteiger partial charge in [-0.15, -0.1) is 0 Å². The van der Waals surface area contributed by atoms with Crippen molar-refractivity contribution in [2.24, 2.45) is 0 Å². The Labute approximate surface area is 190 Å². The Morgan fingerprint density at radius 2 is 1.69 bits per heavy atom. The molecule has 1 aliphatic heterocycles. The van der Waals surface area contributed by atoms with Gasteiger partial charge in [0.25, 0.3) is 0 Å². The summed E-state index contributed by atoms with van der Waals surface area (Å²) in [6.45, 7) is 5.10. The second kappa shape index (κ2) is 10.7. The van der Waals surface area contributed by atoms with Gasteiger partial charge in [0.2, 0.25) is 15.9 Å². The number of nitrogens with zero attached hydrogens (tertiary/aromatic N) is 3. The zero-order chi connectivity index (χ0) is 23.1. The maximum Gasteiger partial charge on any atom is 0.246 e. The van der Waals surface area contributed by atoms with E-state index in [0.29, 0.717) is 24.5 Å². The highest BCUT2D eigenvalue weighted by Crippen LogP contribution is 2.24. The fraction of sp³-hybridized carbons (Fsp3) is 0.375. The SMILES string of the molecule is COc1ccc(N([C@@H](C)C(=O)N2CCN(C/C=C/c3ccccc3)CC2)S(C)(=O)=O)cc1. The van der Waals surface area contributed by atoms with Crippen LogP contribution in [0, 0.1) is 0 Å². The lowest BCUT2D eigenvalue weighted by Gasteiger charge is -2.37. The molecule has 0 unspecified atom stereocenters. The maximum atomic E-state index is 13.2. The molecule has 0 saturated carbocycles. The number of sulfonamides is 1. The summed E-state index contributed by atoms with van der Waals surface area (Å²) in [6.07, 6.45) is 5.35. The van der Waals surface area contributed by atoms with Gasteiger partial charge in [0.1, 0.15) is 11.8 Å². The molecule has 1 saturated heterocycles. The first-order valence-corrected chi connectivity index (χ1v) is 12.5. The number of benzene rings is 2. The van der Waals surface area contributed by atoms with Gasteiger partial charge >= 0.3 is 0 Å². The summed E-state index contributed by atoms with van der Waals surface area (Å²) < 4.78 is 31.4. The molecule has 1 fully saturated rings. The minimum atomic E-state index is -3.64. The van der Waals surface area contributed by atoms with Crippen LogP contribution >= 0.6 is 0 Å². The van der Waals surface area contributed by atoms with Crippen LogP contribution < -0.4 is 9.04 Å². The van der Waals surface area contributed by atoms with Crippen LogP contribution in [0.15, 0.2) is 60.7 Å². The number of anilines is 1. The van der Waals surface area contributed by atoms with Crippen molar-refractivity contribution < 1.29 is 17.9 Å². The summed E-state index contributed by atoms with van der Waals surface area (Å²) in [6, 6.07) is 16.0. The predicted octanol–water partition coefficient (Wildman–Crippen LogP) is 2.71. The number of hydrogen-bond donors (Lipinski definition) is 0. The molecule has 0 N–H and O–H groups in total. The largest absolute Gasteiger partial charge is 0.497 e. The number of rotatable bonds is 8. The Morgan fingerprint density at radius 3 is 2.25 bits per heavy atom. The van der Waals surface area contributed by atoms with Crippen LogP contribution in [-0.4, -0.2) is 76.3 Å². The molecule has 0 bridgehead atoms. The van der Waals surface area contributed by atoms with E-state index >= 15 is 0 Å². The van der Waals surface area contributed by atoms with Crippen LogP contribution in [0.1, 0.15) is 12.5 Å². The van der Waals surface area contributed by atoms with Crippen molar-refractivity contribution in [3.8, 4) is 5.75 Å². The fourth-order valence-corrected chi connectivity index (χ4v) is 5.02. The van der Waals surface area contributed by atoms with Gasteiger partial charge in [-0.25, -0.2) is 8.42 Å². The molecule has 2 aromatic rings. The van der Waals surface area contributed by atoms with Crippen LogP contribution in [0.2, 0.25) is 0 Å². The third kappa shape index (κ3) is 6.11. The van der Waals surface area contributed by atoms with E-state index in [1.54, 1.807) is 43.2 Å². The summed E-state index contributed by atoms with van der Waals surface area (Å²) >= 11 is 0. The van der Waals surface area contributed by atoms with Crippen LogP contribution in [0.4, 0.5) is 5.69 Å². The van der Waals surface area contributed by atoms with Crippen LogP contribution in [0.25, 0.3) is 6.08 Å². The van der Waals surface area contributed by atoms with E-state index in [1.165, 1.54) is 4.31 Å². The van der Waals surface area contributed by atoms with Crippen molar-refractivity contribution in [2.75, 3.05) is 50.4 Å². The van der Waals surface area contributed by atoms with Gasteiger partial charge in [-0.05, 0) is 36.8 Å². The molecule has 1 atom stereocenters. The van der Waals surface area contributed by atoms with Crippen molar-refractivity contribution in [3.63, 3.8) is 0 Å². The van der Waals surface area contributed by atoms with E-state index in [9.17, 15) is 13.2 Å². The smallest absolute Gasteiger partial charge is 0.246 e. The second-order valence-electron chi connectivity index (χ2n) is 7.87. The first-order valence-electron chi connectivity index (χ1n) is 10.7. The molecule has 8 heteroatoms. The number of amides is 1. The average molecular weight is 458 g/mol. The monoisotopic (exact) mass is 457 g/mol. The van der Waals surface area contributed by atoms with Crippen molar-refractivity contribution >= 4 is 27.7 Å². The Bertz CT molecular complexity index is 1010. The number of methoxy groups -OCH3 is 1. The number of piperazine rings is 1. The Kier molecular flexibility index (Phi) is 7.93. The molecular weight excluding hydrogens is 426 g/mol. The molecular formula is C24H31N3O4S. The lowest BCUT2D eigenvalue weighted by Crippen LogP contribution is -2.55. The molecule has 32 heavy (non-hydrogen) atoms. The molecule has 172 valence electrons. The molecule has 3 rings (SSSR count). The third-order valence-electron chi connectivity index (χ3n) is 5.55. The third-order valence-corrected chi connectivity index (χ3v) is 6.79. The van der Waals surface area contributed by atoms with Crippen molar-refractivity contribution in [1.29, 1.82) is 0 Å². The normalized spacial score (nSPS) is 16.2. The average Bonchev–Trinajstić information content (AvgIpc) is 2.79. The van der Waals surface area contributed by atoms with E-state index in [1.807, 2.05) is 18.2 Å². The highest BCUT2D eigenvalue weighted by Gasteiger charge is 2.33. The first kappa shape index (κ1) is 23.8. The van der Waals surface area contributed by atoms with E-state index in [0.717, 1.165) is 31.5 Å². The predicted molar refractivity (Wildman–Crippen MR) is 128 cm³/mol. The van der Waals surface area contributed by atoms with E-state index in [4.69, 9.17) is 4.74 Å². The molecule has 0 spiro atoms. The number of hydrogen-bond acceptors (Lipinski definition) is 5. The first-order chi connectivity index (χ1) is 15.3. The molecule has 1 amide bonds. The minimum Gasteiger partial charge on any atom is -0.497 e. The summed E-state index contributed by atoms with van der Waals surface area (Å²) in [5, 5.41) is 0. The van der Waals surface area contributed by atoms with E-state index in [-0.39, 0.29) is 5.91 Å². The molecule has 0 radical (unpaired) electrons. The number of carbonyl (C=O) groups excluding carboxylic acids is 1. The van der Waals surface area contributed by atoms with Crippen LogP contribution in [0.3, 0.4) is 0 Å². The fourth-order valence-electron chi connectivity index (χ4n) is 3.85. The maximum absolute atomic E-state index is 13.2. The zero-order valence-corrected chi connectivity index (χ0v) is 19.7. The molecule has 1 heterocycles. The van der Waals surface area contributed by atoms with Gasteiger partial charge in [0.05, 0.1) is 19.1 Å². The summed E-state index contributed by atoms with van der Waals surface area (Å²) in [5.74, 6) is 0.435. The molecule has 7 nitrogen and oxygen atoms in total. The van der Waals surface area contributed by atoms with E-state index in [2.05, 4.69) is 29.2 Å². The summed E-state index contributed by atoms with van der Waals surface area (Å²) in [4.78, 5) is 17.2. The summed E-state index contributed by atoms with van der Waals surface area (Å²) in [5.41, 5.74) is 1.60. The van der Waals surface area contributed by atoms with Crippen LogP contribution in [0.5, 0.6) is 5.75 Å². The summed E-state index contributed by atoms with van der Waals surface area (Å²) in [7, 11) is -2.10. The zero-order valence-electron chi connectivity index (χ0n) is 18.8. The molecule has 0 aromatic heterocycles. The Morgan fingerprint density at radius 1 is 1.06 bits per heavy atom. The minimum absolute atomic E-state index is 0.189. The number of carbonyl (C=O) groups is 1. The van der Waals surface area contributed by atoms with Crippen molar-refractivity contribution in [1.82, 2.24) is 9.80 Å². The molecule has 1 aliphatic rings. The van der Waals surface area contributed by atoms with Gasteiger partial charge < -0.3 is 9.64 Å². The standard InChI is InChI=1S/C24H31N3O4S/c1-20(27(32(3,29)30)22-11-13-23(31-2)14-12-22)24(28)26-18-16-25(17-19-26)15-7-10-21-8-5-4-6-9-21/h4-14,20H,15-19H2,1-3H3/b10-7+/t20-/m0/s1. The topological polar surface area (TPSA) is 70.2 Å². The van der Waals surface area contributed by atoms with Crippen molar-refractivity contribution in [3.05, 3.63) is 66.2 Å². The van der Waals surface area contributed by atoms with E-state index < -0.39 is 16.1 Å². The quantitative estimate of drug-likeness (QED) is 0.610. The van der Waals surface area contributed by atoms with Gasteiger partial charge in [-0.2, -0.15) is 0 Å². The lowest BCUT2D eigenvalue weighted by atomic mass is 10.2. The van der Waals surface area contributed by atoms with Crippen LogP contribution in [-0.2, 0) is 14.8 Å². The van der Waals surface area contributed by atoms with Gasteiger partial charge in [0, 0.05) is 32.7 Å². The highest BCUT2D eigenvalue weighted by atomic mass is 32.2. The Balaban J connectivity index is 1.60. The van der Waals surface area contributed by atoms with Gasteiger partial charge in [-0.3, -0.25) is 14.0 Å². The molecule has 0 aliphatic carbocycles. The lowest BCUT2D eigenvalue weighted by molar-refractivity contribution is -0.133. The number of ether oxygens (including phenoxy) is 1. The molecule has 2 aromatic carbocycles. The highest BCUT2D eigenvalue weighted by molar-refractivity contribution is 7.92. The Hall–Kier alpha value is -2.84. The van der Waals surface area contributed by atoms with Gasteiger partial charge in [0.15, 0.2) is 0 Å². The second-order valence-corrected chi connectivity index (χ2v) is 9.73. The van der Waals surface area contributed by atoms with Gasteiger partial charge in [-0.1, -0.05) is 42.5 Å². The van der Waals surface area contributed by atoms with Crippen molar-refractivity contribution in [2.45, 2.75) is 13.0 Å².